The van der Waals surface area contributed by atoms with Gasteiger partial charge in [-0.15, -0.1) is 0 Å². The van der Waals surface area contributed by atoms with Crippen molar-refractivity contribution in [2.75, 3.05) is 0 Å². The summed E-state index contributed by atoms with van der Waals surface area (Å²) >= 11 is 6.29. The summed E-state index contributed by atoms with van der Waals surface area (Å²) in [5.41, 5.74) is 2.22. The molecule has 1 rings (SSSR count). The lowest BCUT2D eigenvalue weighted by Gasteiger charge is -2.06. The highest BCUT2D eigenvalue weighted by Crippen LogP contribution is 2.21. The molecule has 0 saturated carbocycles. The maximum Gasteiger partial charge on any atom is 0.0650 e. The van der Waals surface area contributed by atoms with Crippen molar-refractivity contribution in [3.05, 3.63) is 28.5 Å². The molecule has 1 aromatic heterocycles. The Kier molecular flexibility index (Phi) is 13.2. The monoisotopic (exact) mass is 351 g/mol. The van der Waals surface area contributed by atoms with Crippen molar-refractivity contribution in [3.8, 4) is 0 Å². The van der Waals surface area contributed by atoms with Crippen LogP contribution in [0.2, 0.25) is 5.02 Å². The summed E-state index contributed by atoms with van der Waals surface area (Å²) in [7, 11) is 0. The molecule has 0 saturated heterocycles. The Bertz CT molecular complexity index is 416. The van der Waals surface area contributed by atoms with Gasteiger partial charge in [0.1, 0.15) is 0 Å². The number of rotatable bonds is 15. The minimum absolute atomic E-state index is 0.868. The van der Waals surface area contributed by atoms with Gasteiger partial charge in [0, 0.05) is 6.20 Å². The summed E-state index contributed by atoms with van der Waals surface area (Å²) in [5.74, 6) is 0. The van der Waals surface area contributed by atoms with E-state index in [0.717, 1.165) is 17.1 Å². The first-order chi connectivity index (χ1) is 11.8. The molecule has 0 atom stereocenters. The second-order valence-corrected chi connectivity index (χ2v) is 7.59. The van der Waals surface area contributed by atoms with Gasteiger partial charge in [-0.3, -0.25) is 4.98 Å². The van der Waals surface area contributed by atoms with Crippen LogP contribution < -0.4 is 0 Å². The van der Waals surface area contributed by atoms with Gasteiger partial charge in [0.15, 0.2) is 0 Å². The van der Waals surface area contributed by atoms with Crippen LogP contribution >= 0.6 is 11.6 Å². The lowest BCUT2D eigenvalue weighted by molar-refractivity contribution is 0.535. The molecular weight excluding hydrogens is 314 g/mol. The molecule has 1 aromatic rings. The fraction of sp³-hybridized carbons (Fsp3) is 0.773. The molecule has 0 aliphatic heterocycles. The number of pyridine rings is 1. The van der Waals surface area contributed by atoms with E-state index in [-0.39, 0.29) is 0 Å². The van der Waals surface area contributed by atoms with Gasteiger partial charge in [-0.1, -0.05) is 102 Å². The van der Waals surface area contributed by atoms with E-state index in [1.807, 2.05) is 13.1 Å². The van der Waals surface area contributed by atoms with Crippen LogP contribution in [0.1, 0.15) is 108 Å². The van der Waals surface area contributed by atoms with Crippen molar-refractivity contribution < 1.29 is 0 Å². The standard InChI is InChI=1S/C22H38ClN/c1-3-4-5-6-7-8-9-10-11-12-13-14-15-16-17-21-18-19-24-20(2)22(21)23/h18-19H,3-17H2,1-2H3. The number of unbranched alkanes of at least 4 members (excludes halogenated alkanes) is 13. The van der Waals surface area contributed by atoms with Gasteiger partial charge >= 0.3 is 0 Å². The van der Waals surface area contributed by atoms with Crippen LogP contribution in [0.15, 0.2) is 12.3 Å². The number of hydrogen-bond donors (Lipinski definition) is 0. The summed E-state index contributed by atoms with van der Waals surface area (Å²) in [5, 5.41) is 0.868. The first-order valence-electron chi connectivity index (χ1n) is 10.4. The third-order valence-corrected chi connectivity index (χ3v) is 5.46. The average Bonchev–Trinajstić information content (AvgIpc) is 2.58. The normalized spacial score (nSPS) is 11.1. The molecule has 0 N–H and O–H groups in total. The van der Waals surface area contributed by atoms with Crippen molar-refractivity contribution in [2.45, 2.75) is 110 Å². The molecule has 0 radical (unpaired) electrons. The molecule has 0 bridgehead atoms. The largest absolute Gasteiger partial charge is 0.260 e. The van der Waals surface area contributed by atoms with Gasteiger partial charge in [-0.25, -0.2) is 0 Å². The molecule has 0 unspecified atom stereocenters. The Morgan fingerprint density at radius 2 is 1.21 bits per heavy atom. The molecule has 0 aliphatic rings. The van der Waals surface area contributed by atoms with Crippen LogP contribution in [0, 0.1) is 6.92 Å². The van der Waals surface area contributed by atoms with Crippen LogP contribution in [0.5, 0.6) is 0 Å². The van der Waals surface area contributed by atoms with Crippen molar-refractivity contribution in [2.24, 2.45) is 0 Å². The summed E-state index contributed by atoms with van der Waals surface area (Å²) < 4.78 is 0. The van der Waals surface area contributed by atoms with Gasteiger partial charge in [-0.2, -0.15) is 0 Å². The average molecular weight is 352 g/mol. The zero-order valence-electron chi connectivity index (χ0n) is 16.1. The Morgan fingerprint density at radius 1 is 0.750 bits per heavy atom. The summed E-state index contributed by atoms with van der Waals surface area (Å²) in [4.78, 5) is 4.23. The zero-order valence-corrected chi connectivity index (χ0v) is 16.8. The summed E-state index contributed by atoms with van der Waals surface area (Å²) in [6.07, 6.45) is 22.7. The molecule has 1 heterocycles. The predicted octanol–water partition coefficient (Wildman–Crippen LogP) is 8.07. The van der Waals surface area contributed by atoms with E-state index >= 15 is 0 Å². The second kappa shape index (κ2) is 14.8. The van der Waals surface area contributed by atoms with E-state index in [0.29, 0.717) is 0 Å². The predicted molar refractivity (Wildman–Crippen MR) is 108 cm³/mol. The van der Waals surface area contributed by atoms with Crippen molar-refractivity contribution in [1.29, 1.82) is 0 Å². The first kappa shape index (κ1) is 21.5. The summed E-state index contributed by atoms with van der Waals surface area (Å²) in [6, 6.07) is 2.07. The van der Waals surface area contributed by atoms with Crippen LogP contribution in [0.3, 0.4) is 0 Å². The Hall–Kier alpha value is -0.560. The minimum atomic E-state index is 0.868. The Balaban J connectivity index is 1.85. The second-order valence-electron chi connectivity index (χ2n) is 7.22. The quantitative estimate of drug-likeness (QED) is 0.291. The van der Waals surface area contributed by atoms with E-state index < -0.39 is 0 Å². The topological polar surface area (TPSA) is 12.9 Å². The van der Waals surface area contributed by atoms with Gasteiger partial charge in [0.05, 0.1) is 10.7 Å². The number of aromatic nitrogens is 1. The van der Waals surface area contributed by atoms with Crippen LogP contribution in [-0.2, 0) is 6.42 Å². The molecule has 1 nitrogen and oxygen atoms in total. The van der Waals surface area contributed by atoms with Gasteiger partial charge < -0.3 is 0 Å². The summed E-state index contributed by atoms with van der Waals surface area (Å²) in [6.45, 7) is 4.27. The van der Waals surface area contributed by atoms with Crippen molar-refractivity contribution >= 4 is 11.6 Å². The molecule has 0 aromatic carbocycles. The molecule has 0 amide bonds. The third kappa shape index (κ3) is 10.3. The fourth-order valence-electron chi connectivity index (χ4n) is 3.30. The lowest BCUT2D eigenvalue weighted by atomic mass is 10.0. The number of nitrogens with zero attached hydrogens (tertiary/aromatic N) is 1. The SMILES string of the molecule is CCCCCCCCCCCCCCCCc1ccnc(C)c1Cl. The minimum Gasteiger partial charge on any atom is -0.260 e. The number of aryl methyl sites for hydroxylation is 2. The number of halogens is 1. The van der Waals surface area contributed by atoms with E-state index in [4.69, 9.17) is 11.6 Å². The van der Waals surface area contributed by atoms with E-state index in [2.05, 4.69) is 18.0 Å². The van der Waals surface area contributed by atoms with Crippen LogP contribution in [-0.4, -0.2) is 4.98 Å². The van der Waals surface area contributed by atoms with Crippen LogP contribution in [0.25, 0.3) is 0 Å². The zero-order chi connectivity index (χ0) is 17.5. The van der Waals surface area contributed by atoms with Crippen molar-refractivity contribution in [1.82, 2.24) is 4.98 Å². The number of hydrogen-bond acceptors (Lipinski definition) is 1. The third-order valence-electron chi connectivity index (χ3n) is 4.94. The Labute approximate surface area is 155 Å². The van der Waals surface area contributed by atoms with E-state index in [1.165, 1.54) is 95.5 Å². The molecule has 0 spiro atoms. The van der Waals surface area contributed by atoms with E-state index in [1.54, 1.807) is 0 Å². The smallest absolute Gasteiger partial charge is 0.0650 e. The molecule has 24 heavy (non-hydrogen) atoms. The van der Waals surface area contributed by atoms with Crippen LogP contribution in [0.4, 0.5) is 0 Å². The first-order valence-corrected chi connectivity index (χ1v) is 10.7. The Morgan fingerprint density at radius 3 is 1.71 bits per heavy atom. The molecule has 0 aliphatic carbocycles. The van der Waals surface area contributed by atoms with Gasteiger partial charge in [-0.05, 0) is 31.4 Å². The molecular formula is C22H38ClN. The van der Waals surface area contributed by atoms with Crippen molar-refractivity contribution in [3.63, 3.8) is 0 Å². The molecule has 2 heteroatoms. The van der Waals surface area contributed by atoms with E-state index in [9.17, 15) is 0 Å². The highest BCUT2D eigenvalue weighted by atomic mass is 35.5. The lowest BCUT2D eigenvalue weighted by Crippen LogP contribution is -1.92. The highest BCUT2D eigenvalue weighted by molar-refractivity contribution is 6.31. The molecule has 138 valence electrons. The molecule has 0 fully saturated rings. The van der Waals surface area contributed by atoms with Gasteiger partial charge in [0.25, 0.3) is 0 Å². The maximum atomic E-state index is 6.29. The highest BCUT2D eigenvalue weighted by Gasteiger charge is 2.03. The fourth-order valence-corrected chi connectivity index (χ4v) is 3.51. The maximum absolute atomic E-state index is 6.29. The van der Waals surface area contributed by atoms with Gasteiger partial charge in [0.2, 0.25) is 0 Å².